The molecule has 0 bridgehead atoms. The number of rotatable bonds is 2. The zero-order chi connectivity index (χ0) is 16.8. The van der Waals surface area contributed by atoms with E-state index in [1.807, 2.05) is 27.7 Å². The van der Waals surface area contributed by atoms with Crippen molar-refractivity contribution in [2.75, 3.05) is 0 Å². The molecule has 1 aromatic heterocycles. The summed E-state index contributed by atoms with van der Waals surface area (Å²) in [6, 6.07) is 3.61. The van der Waals surface area contributed by atoms with Crippen molar-refractivity contribution in [1.29, 1.82) is 0 Å². The normalized spacial score (nSPS) is 19.1. The molecule has 2 heterocycles. The van der Waals surface area contributed by atoms with E-state index in [1.54, 1.807) is 6.20 Å². The molecule has 1 fully saturated rings. The second kappa shape index (κ2) is 5.35. The third-order valence-corrected chi connectivity index (χ3v) is 4.36. The first kappa shape index (κ1) is 16.0. The number of hydrogen-bond acceptors (Lipinski definition) is 4. The van der Waals surface area contributed by atoms with Gasteiger partial charge in [-0.25, -0.2) is 8.78 Å². The van der Waals surface area contributed by atoms with Crippen LogP contribution in [0.4, 0.5) is 8.78 Å². The highest BCUT2D eigenvalue weighted by Gasteiger charge is 2.52. The van der Waals surface area contributed by atoms with Gasteiger partial charge in [0.25, 0.3) is 0 Å². The van der Waals surface area contributed by atoms with Crippen molar-refractivity contribution in [3.05, 3.63) is 42.2 Å². The number of benzene rings is 1. The van der Waals surface area contributed by atoms with Gasteiger partial charge in [0, 0.05) is 11.8 Å². The number of nitrogens with zero attached hydrogens (tertiary/aromatic N) is 2. The van der Waals surface area contributed by atoms with E-state index in [-0.39, 0.29) is 0 Å². The molecule has 0 unspecified atom stereocenters. The van der Waals surface area contributed by atoms with Crippen LogP contribution in [0.5, 0.6) is 0 Å². The predicted molar refractivity (Wildman–Crippen MR) is 83.1 cm³/mol. The predicted octanol–water partition coefficient (Wildman–Crippen LogP) is 2.72. The number of hydrogen-bond donors (Lipinski definition) is 0. The van der Waals surface area contributed by atoms with Crippen molar-refractivity contribution in [2.24, 2.45) is 0 Å². The lowest BCUT2D eigenvalue weighted by molar-refractivity contribution is 0.00578. The lowest BCUT2D eigenvalue weighted by Gasteiger charge is -2.32. The Labute approximate surface area is 134 Å². The summed E-state index contributed by atoms with van der Waals surface area (Å²) in [5.41, 5.74) is 0.381. The summed E-state index contributed by atoms with van der Waals surface area (Å²) < 4.78 is 38.3. The van der Waals surface area contributed by atoms with Crippen molar-refractivity contribution >= 4 is 12.7 Å². The molecule has 120 valence electrons. The Hall–Kier alpha value is -1.86. The minimum Gasteiger partial charge on any atom is -0.398 e. The Kier molecular flexibility index (Phi) is 3.73. The molecule has 0 amide bonds. The fourth-order valence-corrected chi connectivity index (χ4v) is 2.25. The zero-order valence-electron chi connectivity index (χ0n) is 13.4. The van der Waals surface area contributed by atoms with E-state index in [1.165, 1.54) is 12.3 Å². The van der Waals surface area contributed by atoms with Crippen LogP contribution < -0.4 is 5.59 Å². The molecule has 0 saturated carbocycles. The summed E-state index contributed by atoms with van der Waals surface area (Å²) in [7, 11) is -0.655. The van der Waals surface area contributed by atoms with Crippen molar-refractivity contribution in [2.45, 2.75) is 38.9 Å². The van der Waals surface area contributed by atoms with Gasteiger partial charge in [0.15, 0.2) is 11.6 Å². The van der Waals surface area contributed by atoms with Crippen LogP contribution >= 0.6 is 0 Å². The van der Waals surface area contributed by atoms with Crippen LogP contribution in [0.3, 0.4) is 0 Å². The Balaban J connectivity index is 1.93. The van der Waals surface area contributed by atoms with Crippen LogP contribution in [0, 0.1) is 11.6 Å². The summed E-state index contributed by atoms with van der Waals surface area (Å²) >= 11 is 0. The fourth-order valence-electron chi connectivity index (χ4n) is 2.25. The SMILES string of the molecule is CC1(C)OB(c2cncc(-c3ccc(F)c(F)c3)n2)OC1(C)C. The standard InChI is InChI=1S/C16H17BF2N2O2/c1-15(2)16(3,4)23-17(22-15)14-9-20-8-13(21-14)10-5-6-11(18)12(19)7-10/h5-9H,1-4H3. The number of aromatic nitrogens is 2. The molecule has 1 aromatic carbocycles. The van der Waals surface area contributed by atoms with Gasteiger partial charge in [-0.3, -0.25) is 9.97 Å². The smallest absolute Gasteiger partial charge is 0.398 e. The largest absolute Gasteiger partial charge is 0.516 e. The maximum Gasteiger partial charge on any atom is 0.516 e. The zero-order valence-corrected chi connectivity index (χ0v) is 13.4. The molecule has 3 rings (SSSR count). The second-order valence-electron chi connectivity index (χ2n) is 6.55. The molecule has 23 heavy (non-hydrogen) atoms. The van der Waals surface area contributed by atoms with Crippen molar-refractivity contribution in [3.8, 4) is 11.3 Å². The molecule has 0 spiro atoms. The average molecular weight is 318 g/mol. The molecule has 7 heteroatoms. The summed E-state index contributed by atoms with van der Waals surface area (Å²) in [4.78, 5) is 8.54. The Morgan fingerprint density at radius 2 is 1.61 bits per heavy atom. The molecular formula is C16H17BF2N2O2. The van der Waals surface area contributed by atoms with Crippen molar-refractivity contribution < 1.29 is 18.1 Å². The van der Waals surface area contributed by atoms with Gasteiger partial charge < -0.3 is 9.31 Å². The summed E-state index contributed by atoms with van der Waals surface area (Å²) in [5.74, 6) is -1.82. The molecule has 0 N–H and O–H groups in total. The molecule has 4 nitrogen and oxygen atoms in total. The van der Waals surface area contributed by atoms with E-state index in [0.29, 0.717) is 16.9 Å². The first-order chi connectivity index (χ1) is 10.7. The highest BCUT2D eigenvalue weighted by atomic mass is 19.2. The highest BCUT2D eigenvalue weighted by molar-refractivity contribution is 6.61. The first-order valence-electron chi connectivity index (χ1n) is 7.33. The van der Waals surface area contributed by atoms with Gasteiger partial charge in [-0.15, -0.1) is 0 Å². The fraction of sp³-hybridized carbons (Fsp3) is 0.375. The minimum absolute atomic E-state index is 0.427. The van der Waals surface area contributed by atoms with Crippen LogP contribution in [0.1, 0.15) is 27.7 Å². The van der Waals surface area contributed by atoms with Crippen molar-refractivity contribution in [1.82, 2.24) is 9.97 Å². The van der Waals surface area contributed by atoms with Gasteiger partial charge in [-0.05, 0) is 45.9 Å². The van der Waals surface area contributed by atoms with E-state index < -0.39 is 30.0 Å². The van der Waals surface area contributed by atoms with Gasteiger partial charge in [-0.1, -0.05) is 0 Å². The van der Waals surface area contributed by atoms with E-state index >= 15 is 0 Å². The third kappa shape index (κ3) is 2.86. The van der Waals surface area contributed by atoms with Crippen molar-refractivity contribution in [3.63, 3.8) is 0 Å². The molecular weight excluding hydrogens is 301 g/mol. The van der Waals surface area contributed by atoms with Crippen LogP contribution in [0.25, 0.3) is 11.3 Å². The maximum atomic E-state index is 13.4. The monoisotopic (exact) mass is 318 g/mol. The van der Waals surface area contributed by atoms with Crippen LogP contribution in [0.2, 0.25) is 0 Å². The topological polar surface area (TPSA) is 44.2 Å². The molecule has 0 atom stereocenters. The summed E-state index contributed by atoms with van der Waals surface area (Å²) in [6.07, 6.45) is 3.03. The maximum absolute atomic E-state index is 13.4. The Morgan fingerprint density at radius 3 is 2.22 bits per heavy atom. The van der Waals surface area contributed by atoms with E-state index in [0.717, 1.165) is 12.1 Å². The lowest BCUT2D eigenvalue weighted by atomic mass is 9.85. The van der Waals surface area contributed by atoms with Gasteiger partial charge in [-0.2, -0.15) is 0 Å². The van der Waals surface area contributed by atoms with Gasteiger partial charge >= 0.3 is 7.12 Å². The summed E-state index contributed by atoms with van der Waals surface area (Å²) in [6.45, 7) is 7.78. The lowest BCUT2D eigenvalue weighted by Crippen LogP contribution is -2.41. The van der Waals surface area contributed by atoms with Crippen LogP contribution in [-0.4, -0.2) is 28.3 Å². The van der Waals surface area contributed by atoms with Gasteiger partial charge in [0.2, 0.25) is 0 Å². The van der Waals surface area contributed by atoms with E-state index in [4.69, 9.17) is 9.31 Å². The summed E-state index contributed by atoms with van der Waals surface area (Å²) in [5, 5.41) is 0. The molecule has 0 aliphatic carbocycles. The van der Waals surface area contributed by atoms with Crippen LogP contribution in [0.15, 0.2) is 30.6 Å². The average Bonchev–Trinajstić information content (AvgIpc) is 2.71. The first-order valence-corrected chi connectivity index (χ1v) is 7.33. The molecule has 1 aliphatic heterocycles. The van der Waals surface area contributed by atoms with Crippen LogP contribution in [-0.2, 0) is 9.31 Å². The van der Waals surface area contributed by atoms with E-state index in [9.17, 15) is 8.78 Å². The minimum atomic E-state index is -0.926. The van der Waals surface area contributed by atoms with Gasteiger partial charge in [0.05, 0.1) is 28.7 Å². The molecule has 1 aliphatic rings. The third-order valence-electron chi connectivity index (χ3n) is 4.36. The Bertz CT molecular complexity index is 737. The number of halogens is 2. The highest BCUT2D eigenvalue weighted by Crippen LogP contribution is 2.36. The van der Waals surface area contributed by atoms with E-state index in [2.05, 4.69) is 9.97 Å². The van der Waals surface area contributed by atoms with Gasteiger partial charge in [0.1, 0.15) is 0 Å². The molecule has 1 saturated heterocycles. The second-order valence-corrected chi connectivity index (χ2v) is 6.55. The quantitative estimate of drug-likeness (QED) is 0.799. The Morgan fingerprint density at radius 1 is 0.957 bits per heavy atom. The molecule has 0 radical (unpaired) electrons. The molecule has 2 aromatic rings.